The number of anilines is 1. The summed E-state index contributed by atoms with van der Waals surface area (Å²) in [6, 6.07) is 12.3. The highest BCUT2D eigenvalue weighted by molar-refractivity contribution is 7.80. The van der Waals surface area contributed by atoms with E-state index >= 15 is 0 Å². The molecule has 1 fully saturated rings. The van der Waals surface area contributed by atoms with Gasteiger partial charge >= 0.3 is 5.97 Å². The molecule has 1 saturated heterocycles. The number of hydrogen-bond acceptors (Lipinski definition) is 4. The van der Waals surface area contributed by atoms with Gasteiger partial charge in [0.05, 0.1) is 5.69 Å². The number of aromatic nitrogens is 1. The average molecular weight is 423 g/mol. The van der Waals surface area contributed by atoms with Gasteiger partial charge in [0.25, 0.3) is 11.8 Å². The number of nitrogens with zero attached hydrogens (tertiary/aromatic N) is 2. The first kappa shape index (κ1) is 19.5. The van der Waals surface area contributed by atoms with Crippen molar-refractivity contribution in [1.82, 2.24) is 9.88 Å². The number of nitrogens with one attached hydrogen (secondary N) is 1. The molecule has 2 aromatic carbocycles. The van der Waals surface area contributed by atoms with Gasteiger partial charge in [-0.3, -0.25) is 24.6 Å². The predicted octanol–water partition coefficient (Wildman–Crippen LogP) is 2.70. The fourth-order valence-corrected chi connectivity index (χ4v) is 3.61. The zero-order valence-electron chi connectivity index (χ0n) is 15.3. The van der Waals surface area contributed by atoms with Crippen LogP contribution in [0.15, 0.2) is 60.3 Å². The molecule has 0 spiro atoms. The van der Waals surface area contributed by atoms with Crippen molar-refractivity contribution in [3.63, 3.8) is 0 Å². The van der Waals surface area contributed by atoms with Crippen LogP contribution in [-0.4, -0.2) is 32.6 Å². The van der Waals surface area contributed by atoms with E-state index in [0.29, 0.717) is 16.5 Å². The van der Waals surface area contributed by atoms with E-state index in [-0.39, 0.29) is 22.9 Å². The van der Waals surface area contributed by atoms with Crippen molar-refractivity contribution in [2.75, 3.05) is 4.90 Å². The van der Waals surface area contributed by atoms with Crippen LogP contribution in [0.1, 0.15) is 5.56 Å². The number of amides is 2. The fourth-order valence-electron chi connectivity index (χ4n) is 3.33. The highest BCUT2D eigenvalue weighted by Gasteiger charge is 2.34. The number of para-hydroxylation sites is 1. The summed E-state index contributed by atoms with van der Waals surface area (Å²) in [5.41, 5.74) is 1.13. The summed E-state index contributed by atoms with van der Waals surface area (Å²) in [5, 5.41) is 12.1. The molecule has 0 radical (unpaired) electrons. The van der Waals surface area contributed by atoms with Crippen LogP contribution < -0.4 is 10.2 Å². The molecule has 4 rings (SSSR count). The Morgan fingerprint density at radius 2 is 1.93 bits per heavy atom. The third-order valence-electron chi connectivity index (χ3n) is 4.59. The minimum atomic E-state index is -1.02. The fraction of sp³-hybridized carbons (Fsp3) is 0.0476. The molecule has 150 valence electrons. The molecular formula is C21H14FN3O4S. The topological polar surface area (TPSA) is 91.6 Å². The summed E-state index contributed by atoms with van der Waals surface area (Å²) in [6.45, 7) is -0.274. The Morgan fingerprint density at radius 3 is 2.67 bits per heavy atom. The molecule has 3 aromatic rings. The molecule has 1 aliphatic heterocycles. The summed E-state index contributed by atoms with van der Waals surface area (Å²) >= 11 is 5.11. The maximum Gasteiger partial charge on any atom is 0.323 e. The van der Waals surface area contributed by atoms with E-state index in [9.17, 15) is 18.8 Å². The third-order valence-corrected chi connectivity index (χ3v) is 4.88. The highest BCUT2D eigenvalue weighted by Crippen LogP contribution is 2.27. The smallest absolute Gasteiger partial charge is 0.323 e. The van der Waals surface area contributed by atoms with Crippen molar-refractivity contribution >= 4 is 57.8 Å². The zero-order chi connectivity index (χ0) is 21.4. The molecule has 0 saturated carbocycles. The van der Waals surface area contributed by atoms with Gasteiger partial charge in [0, 0.05) is 22.7 Å². The Kier molecular flexibility index (Phi) is 4.88. The monoisotopic (exact) mass is 423 g/mol. The number of carbonyl (C=O) groups excluding carboxylic acids is 2. The second-order valence-corrected chi connectivity index (χ2v) is 6.95. The molecule has 0 aliphatic carbocycles. The average Bonchev–Trinajstić information content (AvgIpc) is 3.02. The lowest BCUT2D eigenvalue weighted by Gasteiger charge is -2.28. The molecule has 0 atom stereocenters. The Balaban J connectivity index is 1.81. The van der Waals surface area contributed by atoms with Crippen molar-refractivity contribution in [1.29, 1.82) is 0 Å². The molecule has 0 bridgehead atoms. The lowest BCUT2D eigenvalue weighted by molar-refractivity contribution is -0.137. The van der Waals surface area contributed by atoms with Crippen molar-refractivity contribution in [2.45, 2.75) is 6.54 Å². The van der Waals surface area contributed by atoms with Gasteiger partial charge in [-0.1, -0.05) is 24.3 Å². The van der Waals surface area contributed by atoms with E-state index in [2.05, 4.69) is 5.32 Å². The predicted molar refractivity (Wildman–Crippen MR) is 112 cm³/mol. The van der Waals surface area contributed by atoms with Crippen LogP contribution in [0.2, 0.25) is 0 Å². The van der Waals surface area contributed by atoms with Crippen molar-refractivity contribution in [2.24, 2.45) is 0 Å². The van der Waals surface area contributed by atoms with Gasteiger partial charge in [0.2, 0.25) is 0 Å². The van der Waals surface area contributed by atoms with Crippen molar-refractivity contribution in [3.8, 4) is 0 Å². The molecule has 1 aromatic heterocycles. The molecule has 2 heterocycles. The normalized spacial score (nSPS) is 15.7. The standard InChI is InChI=1S/C21H14FN3O4S/c22-13-4-3-5-14(9-13)25-20(29)16(19(28)23-21(25)30)8-12-10-24(11-18(26)27)17-7-2-1-6-15(12)17/h1-10H,11H2,(H,26,27)(H,23,28,30). The van der Waals surface area contributed by atoms with E-state index in [1.807, 2.05) is 0 Å². The van der Waals surface area contributed by atoms with E-state index in [0.717, 1.165) is 11.0 Å². The lowest BCUT2D eigenvalue weighted by Crippen LogP contribution is -2.54. The van der Waals surface area contributed by atoms with E-state index in [4.69, 9.17) is 17.3 Å². The van der Waals surface area contributed by atoms with Crippen LogP contribution in [0.5, 0.6) is 0 Å². The Morgan fingerprint density at radius 1 is 1.17 bits per heavy atom. The highest BCUT2D eigenvalue weighted by atomic mass is 32.1. The Labute approximate surface area is 175 Å². The van der Waals surface area contributed by atoms with E-state index in [1.54, 1.807) is 30.5 Å². The molecule has 2 N–H and O–H groups in total. The molecule has 2 amide bonds. The second kappa shape index (κ2) is 7.53. The summed E-state index contributed by atoms with van der Waals surface area (Å²) in [6.07, 6.45) is 2.94. The summed E-state index contributed by atoms with van der Waals surface area (Å²) < 4.78 is 15.2. The molecule has 9 heteroatoms. The minimum Gasteiger partial charge on any atom is -0.480 e. The lowest BCUT2D eigenvalue weighted by atomic mass is 10.1. The van der Waals surface area contributed by atoms with Gasteiger partial charge in [0.1, 0.15) is 17.9 Å². The van der Waals surface area contributed by atoms with Crippen LogP contribution in [0.3, 0.4) is 0 Å². The van der Waals surface area contributed by atoms with Crippen LogP contribution in [0, 0.1) is 5.82 Å². The number of aliphatic carboxylic acids is 1. The van der Waals surface area contributed by atoms with Gasteiger partial charge < -0.3 is 9.67 Å². The number of carbonyl (C=O) groups is 3. The van der Waals surface area contributed by atoms with Gasteiger partial charge in [-0.05, 0) is 42.6 Å². The Bertz CT molecular complexity index is 1260. The number of thiocarbonyl (C=S) groups is 1. The van der Waals surface area contributed by atoms with E-state index < -0.39 is 23.6 Å². The number of rotatable bonds is 4. The quantitative estimate of drug-likeness (QED) is 0.383. The first-order valence-corrected chi connectivity index (χ1v) is 9.22. The number of carboxylic acids is 1. The minimum absolute atomic E-state index is 0.152. The Hall–Kier alpha value is -3.85. The van der Waals surface area contributed by atoms with Crippen molar-refractivity contribution in [3.05, 3.63) is 71.7 Å². The first-order chi connectivity index (χ1) is 14.3. The van der Waals surface area contributed by atoms with Gasteiger partial charge in [-0.25, -0.2) is 4.39 Å². The summed E-state index contributed by atoms with van der Waals surface area (Å²) in [4.78, 5) is 37.8. The first-order valence-electron chi connectivity index (χ1n) is 8.82. The maximum absolute atomic E-state index is 13.6. The SMILES string of the molecule is O=C(O)Cn1cc(C=C2C(=O)NC(=S)N(c3cccc(F)c3)C2=O)c2ccccc21. The van der Waals surface area contributed by atoms with Crippen molar-refractivity contribution < 1.29 is 23.9 Å². The van der Waals surface area contributed by atoms with Gasteiger partial charge in [-0.2, -0.15) is 0 Å². The largest absolute Gasteiger partial charge is 0.480 e. The van der Waals surface area contributed by atoms with Crippen LogP contribution in [0.4, 0.5) is 10.1 Å². The van der Waals surface area contributed by atoms with Crippen LogP contribution >= 0.6 is 12.2 Å². The number of fused-ring (bicyclic) bond motifs is 1. The van der Waals surface area contributed by atoms with Crippen LogP contribution in [-0.2, 0) is 20.9 Å². The summed E-state index contributed by atoms with van der Waals surface area (Å²) in [5.74, 6) is -2.97. The molecule has 1 aliphatic rings. The summed E-state index contributed by atoms with van der Waals surface area (Å²) in [7, 11) is 0. The number of hydrogen-bond donors (Lipinski definition) is 2. The zero-order valence-corrected chi connectivity index (χ0v) is 16.1. The van der Waals surface area contributed by atoms with Gasteiger partial charge in [-0.15, -0.1) is 0 Å². The second-order valence-electron chi connectivity index (χ2n) is 6.56. The molecule has 7 nitrogen and oxygen atoms in total. The number of halogens is 1. The number of carboxylic acid groups (broad SMARTS) is 1. The van der Waals surface area contributed by atoms with Crippen LogP contribution in [0.25, 0.3) is 17.0 Å². The molecule has 30 heavy (non-hydrogen) atoms. The molecular weight excluding hydrogens is 409 g/mol. The number of benzene rings is 2. The van der Waals surface area contributed by atoms with E-state index in [1.165, 1.54) is 28.8 Å². The third kappa shape index (κ3) is 3.46. The maximum atomic E-state index is 13.6. The molecule has 0 unspecified atom stereocenters. The van der Waals surface area contributed by atoms with Gasteiger partial charge in [0.15, 0.2) is 5.11 Å².